The summed E-state index contributed by atoms with van der Waals surface area (Å²) >= 11 is 13.0. The van der Waals surface area contributed by atoms with Gasteiger partial charge in [-0.3, -0.25) is 9.69 Å². The molecule has 3 aliphatic rings. The number of fused-ring (bicyclic) bond motifs is 2. The van der Waals surface area contributed by atoms with Gasteiger partial charge in [-0.15, -0.1) is 0 Å². The number of hydrogen-bond donors (Lipinski definition) is 1. The first-order valence-corrected chi connectivity index (χ1v) is 12.2. The summed E-state index contributed by atoms with van der Waals surface area (Å²) in [7, 11) is 0. The van der Waals surface area contributed by atoms with Crippen LogP contribution in [0.5, 0.6) is 0 Å². The number of benzene rings is 1. The summed E-state index contributed by atoms with van der Waals surface area (Å²) in [6, 6.07) is 8.28. The van der Waals surface area contributed by atoms with Gasteiger partial charge in [0.25, 0.3) is 0 Å². The molecule has 2 bridgehead atoms. The third kappa shape index (κ3) is 3.71. The number of nitrogens with zero attached hydrogens (tertiary/aromatic N) is 3. The van der Waals surface area contributed by atoms with Gasteiger partial charge in [0.15, 0.2) is 0 Å². The van der Waals surface area contributed by atoms with Crippen molar-refractivity contribution in [2.24, 2.45) is 5.92 Å². The molecule has 8 nitrogen and oxygen atoms in total. The van der Waals surface area contributed by atoms with Gasteiger partial charge in [-0.2, -0.15) is 0 Å². The van der Waals surface area contributed by atoms with E-state index < -0.39 is 11.7 Å². The van der Waals surface area contributed by atoms with Crippen LogP contribution >= 0.6 is 23.2 Å². The van der Waals surface area contributed by atoms with E-state index in [1.54, 1.807) is 29.2 Å². The zero-order valence-corrected chi connectivity index (χ0v) is 20.1. The van der Waals surface area contributed by atoms with E-state index in [2.05, 4.69) is 10.1 Å². The molecule has 3 heterocycles. The standard InChI is InChI=1S/C25H21Cl2N3O5/c26-17-2-1-3-18(27)20(17)21-16(22(35-29-21)13-4-5-13)12-34-25-9-8-14(10-25)23(31)30(25)15-6-7-19(24(32)33)28-11-15/h1-3,6-7,11,13-14H,4-5,8-10,12H2,(H,32,33). The Balaban J connectivity index is 1.35. The molecular weight excluding hydrogens is 493 g/mol. The summed E-state index contributed by atoms with van der Waals surface area (Å²) in [4.78, 5) is 30.0. The summed E-state index contributed by atoms with van der Waals surface area (Å²) in [6.45, 7) is 0.170. The number of piperidine rings is 1. The molecule has 0 radical (unpaired) electrons. The molecule has 3 aromatic rings. The third-order valence-electron chi connectivity index (χ3n) is 7.10. The van der Waals surface area contributed by atoms with Crippen molar-refractivity contribution in [1.82, 2.24) is 10.1 Å². The zero-order chi connectivity index (χ0) is 24.3. The lowest BCUT2D eigenvalue weighted by molar-refractivity contribution is -0.125. The lowest BCUT2D eigenvalue weighted by Gasteiger charge is -2.38. The van der Waals surface area contributed by atoms with Crippen molar-refractivity contribution in [2.45, 2.75) is 50.4 Å². The second-order valence-corrected chi connectivity index (χ2v) is 10.1. The molecule has 3 fully saturated rings. The van der Waals surface area contributed by atoms with Gasteiger partial charge in [0, 0.05) is 29.4 Å². The van der Waals surface area contributed by atoms with Crippen molar-refractivity contribution in [2.75, 3.05) is 4.90 Å². The first kappa shape index (κ1) is 22.5. The minimum Gasteiger partial charge on any atom is -0.477 e. The first-order valence-electron chi connectivity index (χ1n) is 11.5. The van der Waals surface area contributed by atoms with Crippen molar-refractivity contribution in [3.63, 3.8) is 0 Å². The van der Waals surface area contributed by atoms with Crippen LogP contribution in [-0.2, 0) is 16.1 Å². The van der Waals surface area contributed by atoms with E-state index in [1.165, 1.54) is 12.3 Å². The van der Waals surface area contributed by atoms with Gasteiger partial charge in [0.1, 0.15) is 22.9 Å². The van der Waals surface area contributed by atoms with Crippen LogP contribution < -0.4 is 4.90 Å². The number of halogens is 2. The number of carboxylic acids is 1. The number of pyridine rings is 1. The Hall–Kier alpha value is -2.94. The van der Waals surface area contributed by atoms with E-state index in [-0.39, 0.29) is 30.0 Å². The van der Waals surface area contributed by atoms with Crippen molar-refractivity contribution >= 4 is 40.8 Å². The molecule has 1 amide bonds. The van der Waals surface area contributed by atoms with Crippen molar-refractivity contribution < 1.29 is 24.0 Å². The molecule has 1 aromatic carbocycles. The Kier molecular flexibility index (Phi) is 5.36. The van der Waals surface area contributed by atoms with Crippen LogP contribution in [0.4, 0.5) is 5.69 Å². The van der Waals surface area contributed by atoms with Gasteiger partial charge in [-0.1, -0.05) is 34.4 Å². The topological polar surface area (TPSA) is 106 Å². The average Bonchev–Trinajstić information content (AvgIpc) is 3.36. The maximum atomic E-state index is 13.2. The highest BCUT2D eigenvalue weighted by Crippen LogP contribution is 2.51. The largest absolute Gasteiger partial charge is 0.477 e. The fourth-order valence-corrected chi connectivity index (χ4v) is 5.82. The second-order valence-electron chi connectivity index (χ2n) is 9.30. The fraction of sp³-hybridized carbons (Fsp3) is 0.360. The molecular formula is C25H21Cl2N3O5. The van der Waals surface area contributed by atoms with E-state index in [0.717, 1.165) is 30.6 Å². The zero-order valence-electron chi connectivity index (χ0n) is 18.5. The molecule has 2 saturated carbocycles. The average molecular weight is 514 g/mol. The van der Waals surface area contributed by atoms with Crippen LogP contribution in [0.3, 0.4) is 0 Å². The van der Waals surface area contributed by atoms with E-state index in [1.807, 2.05) is 0 Å². The van der Waals surface area contributed by atoms with Crippen molar-refractivity contribution in [1.29, 1.82) is 0 Å². The molecule has 180 valence electrons. The maximum Gasteiger partial charge on any atom is 0.354 e. The van der Waals surface area contributed by atoms with Crippen LogP contribution in [-0.4, -0.2) is 32.8 Å². The fourth-order valence-electron chi connectivity index (χ4n) is 5.24. The molecule has 1 N–H and O–H groups in total. The highest BCUT2D eigenvalue weighted by molar-refractivity contribution is 6.39. The summed E-state index contributed by atoms with van der Waals surface area (Å²) in [5.74, 6) is -0.257. The highest BCUT2D eigenvalue weighted by atomic mass is 35.5. The van der Waals surface area contributed by atoms with Gasteiger partial charge >= 0.3 is 5.97 Å². The van der Waals surface area contributed by atoms with Crippen molar-refractivity contribution in [3.8, 4) is 11.3 Å². The molecule has 2 atom stereocenters. The van der Waals surface area contributed by atoms with Gasteiger partial charge in [0.2, 0.25) is 5.91 Å². The van der Waals surface area contributed by atoms with E-state index in [9.17, 15) is 14.7 Å². The lowest BCUT2D eigenvalue weighted by atomic mass is 10.0. The van der Waals surface area contributed by atoms with E-state index >= 15 is 0 Å². The Bertz CT molecular complexity index is 1320. The quantitative estimate of drug-likeness (QED) is 0.433. The number of ether oxygens (including phenoxy) is 1. The van der Waals surface area contributed by atoms with Gasteiger partial charge in [0.05, 0.1) is 28.5 Å². The number of hydrogen-bond acceptors (Lipinski definition) is 6. The minimum absolute atomic E-state index is 0.0387. The number of carbonyl (C=O) groups is 2. The SMILES string of the molecule is O=C(O)c1ccc(N2C(=O)C3CCC2(OCc2c(-c4c(Cl)cccc4Cl)noc2C2CC2)C3)cn1. The van der Waals surface area contributed by atoms with Crippen LogP contribution in [0.1, 0.15) is 59.8 Å². The molecule has 10 heteroatoms. The van der Waals surface area contributed by atoms with Crippen LogP contribution in [0.15, 0.2) is 41.1 Å². The van der Waals surface area contributed by atoms with Gasteiger partial charge in [-0.25, -0.2) is 9.78 Å². The van der Waals surface area contributed by atoms with Gasteiger partial charge in [-0.05, 0) is 49.9 Å². The van der Waals surface area contributed by atoms with E-state index in [0.29, 0.717) is 39.8 Å². The minimum atomic E-state index is -1.12. The van der Waals surface area contributed by atoms with E-state index in [4.69, 9.17) is 32.5 Å². The number of carbonyl (C=O) groups excluding carboxylic acids is 1. The summed E-state index contributed by atoms with van der Waals surface area (Å²) in [5, 5.41) is 14.4. The second kappa shape index (κ2) is 8.33. The van der Waals surface area contributed by atoms with Gasteiger partial charge < -0.3 is 14.4 Å². The Morgan fingerprint density at radius 1 is 1.17 bits per heavy atom. The first-order chi connectivity index (χ1) is 16.9. The molecule has 1 saturated heterocycles. The maximum absolute atomic E-state index is 13.2. The molecule has 0 spiro atoms. The lowest BCUT2D eigenvalue weighted by Crippen LogP contribution is -2.49. The third-order valence-corrected chi connectivity index (χ3v) is 7.73. The Labute approximate surface area is 210 Å². The normalized spacial score (nSPS) is 23.3. The van der Waals surface area contributed by atoms with Crippen LogP contribution in [0.25, 0.3) is 11.3 Å². The predicted octanol–water partition coefficient (Wildman–Crippen LogP) is 5.68. The molecule has 35 heavy (non-hydrogen) atoms. The number of anilines is 1. The number of amides is 1. The number of aromatic carboxylic acids is 1. The Morgan fingerprint density at radius 3 is 2.60 bits per heavy atom. The Morgan fingerprint density at radius 2 is 1.94 bits per heavy atom. The molecule has 2 aliphatic carbocycles. The predicted molar refractivity (Wildman–Crippen MR) is 127 cm³/mol. The monoisotopic (exact) mass is 513 g/mol. The smallest absolute Gasteiger partial charge is 0.354 e. The summed E-state index contributed by atoms with van der Waals surface area (Å²) in [6.07, 6.45) is 5.39. The molecule has 2 unspecified atom stereocenters. The number of carboxylic acid groups (broad SMARTS) is 1. The molecule has 2 aromatic heterocycles. The van der Waals surface area contributed by atoms with Crippen LogP contribution in [0, 0.1) is 5.92 Å². The summed E-state index contributed by atoms with van der Waals surface area (Å²) in [5.41, 5.74) is 1.52. The van der Waals surface area contributed by atoms with Crippen molar-refractivity contribution in [3.05, 3.63) is 63.6 Å². The number of aromatic nitrogens is 2. The highest BCUT2D eigenvalue weighted by Gasteiger charge is 2.57. The molecule has 6 rings (SSSR count). The molecule has 1 aliphatic heterocycles. The summed E-state index contributed by atoms with van der Waals surface area (Å²) < 4.78 is 12.3. The van der Waals surface area contributed by atoms with Crippen LogP contribution in [0.2, 0.25) is 10.0 Å². The number of rotatable bonds is 7.